The van der Waals surface area contributed by atoms with Crippen LogP contribution in [0.2, 0.25) is 0 Å². The average molecular weight is 146 g/mol. The van der Waals surface area contributed by atoms with Crippen molar-refractivity contribution in [1.82, 2.24) is 0 Å². The summed E-state index contributed by atoms with van der Waals surface area (Å²) in [7, 11) is 0. The molecule has 10 heavy (non-hydrogen) atoms. The van der Waals surface area contributed by atoms with Gasteiger partial charge in [0.2, 0.25) is 0 Å². The summed E-state index contributed by atoms with van der Waals surface area (Å²) in [5, 5.41) is 17.9. The molecule has 0 aromatic heterocycles. The molecule has 0 aromatic rings. The second-order valence-corrected chi connectivity index (χ2v) is 2.96. The third-order valence-corrected chi connectivity index (χ3v) is 1.85. The lowest BCUT2D eigenvalue weighted by Gasteiger charge is -2.30. The Balaban J connectivity index is 2.36. The Hall–Kier alpha value is -0.120. The second kappa shape index (κ2) is 3.32. The van der Waals surface area contributed by atoms with Gasteiger partial charge in [-0.05, 0) is 12.3 Å². The average Bonchev–Trinajstić information content (AvgIpc) is 1.88. The zero-order valence-electron chi connectivity index (χ0n) is 6.16. The molecule has 3 atom stereocenters. The summed E-state index contributed by atoms with van der Waals surface area (Å²) in [6, 6.07) is 0. The highest BCUT2D eigenvalue weighted by molar-refractivity contribution is 4.75. The molecule has 60 valence electrons. The monoisotopic (exact) mass is 146 g/mol. The summed E-state index contributed by atoms with van der Waals surface area (Å²) < 4.78 is 5.15. The van der Waals surface area contributed by atoms with E-state index in [0.29, 0.717) is 12.5 Å². The lowest BCUT2D eigenvalue weighted by Crippen LogP contribution is -2.39. The Bertz CT molecular complexity index is 105. The Labute approximate surface area is 60.6 Å². The summed E-state index contributed by atoms with van der Waals surface area (Å²) in [6.07, 6.45) is -0.0875. The van der Waals surface area contributed by atoms with E-state index in [2.05, 4.69) is 0 Å². The maximum absolute atomic E-state index is 9.25. The quantitative estimate of drug-likeness (QED) is 0.537. The van der Waals surface area contributed by atoms with Crippen molar-refractivity contribution in [1.29, 1.82) is 0 Å². The molecule has 3 heteroatoms. The number of aliphatic hydroxyl groups excluding tert-OH is 2. The second-order valence-electron chi connectivity index (χ2n) is 2.96. The number of hydrogen-bond donors (Lipinski definition) is 2. The van der Waals surface area contributed by atoms with Crippen molar-refractivity contribution in [2.45, 2.75) is 25.6 Å². The summed E-state index contributed by atoms with van der Waals surface area (Å²) in [4.78, 5) is 0. The molecule has 0 amide bonds. The van der Waals surface area contributed by atoms with Gasteiger partial charge in [0, 0.05) is 6.61 Å². The van der Waals surface area contributed by atoms with Crippen LogP contribution in [0.5, 0.6) is 0 Å². The normalized spacial score (nSPS) is 41.7. The molecule has 0 aliphatic carbocycles. The Morgan fingerprint density at radius 3 is 2.80 bits per heavy atom. The van der Waals surface area contributed by atoms with Crippen LogP contribution in [0.15, 0.2) is 0 Å². The Kier molecular flexibility index (Phi) is 2.65. The Morgan fingerprint density at radius 1 is 1.60 bits per heavy atom. The number of aliphatic hydroxyl groups is 2. The number of ether oxygens (including phenoxy) is 1. The number of hydrogen-bond acceptors (Lipinski definition) is 3. The highest BCUT2D eigenvalue weighted by atomic mass is 16.5. The molecule has 1 unspecified atom stereocenters. The van der Waals surface area contributed by atoms with Crippen molar-refractivity contribution in [3.05, 3.63) is 0 Å². The van der Waals surface area contributed by atoms with Crippen LogP contribution in [-0.4, -0.2) is 35.6 Å². The SMILES string of the molecule is CC1CO[C@H](CO)[C@@H](O)C1. The van der Waals surface area contributed by atoms with Gasteiger partial charge in [-0.15, -0.1) is 0 Å². The first-order chi connectivity index (χ1) is 4.74. The van der Waals surface area contributed by atoms with Gasteiger partial charge in [0.25, 0.3) is 0 Å². The summed E-state index contributed by atoms with van der Waals surface area (Å²) in [5.41, 5.74) is 0. The summed E-state index contributed by atoms with van der Waals surface area (Å²) >= 11 is 0. The minimum Gasteiger partial charge on any atom is -0.394 e. The van der Waals surface area contributed by atoms with Crippen molar-refractivity contribution in [2.24, 2.45) is 5.92 Å². The molecule has 1 saturated heterocycles. The third kappa shape index (κ3) is 1.68. The predicted octanol–water partition coefficient (Wildman–Crippen LogP) is -0.235. The first-order valence-electron chi connectivity index (χ1n) is 3.64. The zero-order chi connectivity index (χ0) is 7.56. The van der Waals surface area contributed by atoms with E-state index in [1.807, 2.05) is 6.92 Å². The van der Waals surface area contributed by atoms with Gasteiger partial charge in [-0.2, -0.15) is 0 Å². The van der Waals surface area contributed by atoms with Crippen LogP contribution in [0.3, 0.4) is 0 Å². The standard InChI is InChI=1S/C7H14O3/c1-5-2-6(9)7(3-8)10-4-5/h5-9H,2-4H2,1H3/t5?,6-,7+/m0/s1. The fourth-order valence-corrected chi connectivity index (χ4v) is 1.21. The van der Waals surface area contributed by atoms with Gasteiger partial charge in [0.05, 0.1) is 12.7 Å². The first kappa shape index (κ1) is 7.98. The number of rotatable bonds is 1. The van der Waals surface area contributed by atoms with Gasteiger partial charge in [-0.1, -0.05) is 6.92 Å². The molecule has 1 rings (SSSR count). The lowest BCUT2D eigenvalue weighted by molar-refractivity contribution is -0.113. The van der Waals surface area contributed by atoms with Crippen LogP contribution in [-0.2, 0) is 4.74 Å². The minimum atomic E-state index is -0.478. The molecule has 3 nitrogen and oxygen atoms in total. The van der Waals surface area contributed by atoms with E-state index in [0.717, 1.165) is 6.42 Å². The lowest BCUT2D eigenvalue weighted by atomic mass is 9.98. The van der Waals surface area contributed by atoms with Crippen LogP contribution in [0, 0.1) is 5.92 Å². The van der Waals surface area contributed by atoms with E-state index >= 15 is 0 Å². The molecule has 1 fully saturated rings. The third-order valence-electron chi connectivity index (χ3n) is 1.85. The molecule has 0 aromatic carbocycles. The van der Waals surface area contributed by atoms with E-state index < -0.39 is 6.10 Å². The molecule has 1 aliphatic heterocycles. The van der Waals surface area contributed by atoms with Gasteiger partial charge in [-0.3, -0.25) is 0 Å². The zero-order valence-corrected chi connectivity index (χ0v) is 6.16. The highest BCUT2D eigenvalue weighted by Gasteiger charge is 2.26. The molecular weight excluding hydrogens is 132 g/mol. The van der Waals surface area contributed by atoms with Crippen LogP contribution in [0.25, 0.3) is 0 Å². The van der Waals surface area contributed by atoms with E-state index in [1.54, 1.807) is 0 Å². The van der Waals surface area contributed by atoms with Crippen LogP contribution < -0.4 is 0 Å². The van der Waals surface area contributed by atoms with Crippen molar-refractivity contribution >= 4 is 0 Å². The molecule has 0 spiro atoms. The smallest absolute Gasteiger partial charge is 0.106 e. The molecule has 2 N–H and O–H groups in total. The predicted molar refractivity (Wildman–Crippen MR) is 36.6 cm³/mol. The van der Waals surface area contributed by atoms with Crippen LogP contribution >= 0.6 is 0 Å². The molecule has 1 heterocycles. The van der Waals surface area contributed by atoms with Crippen molar-refractivity contribution in [3.63, 3.8) is 0 Å². The molecule has 0 radical (unpaired) electrons. The summed E-state index contributed by atoms with van der Waals surface area (Å²) in [6.45, 7) is 2.60. The maximum Gasteiger partial charge on any atom is 0.106 e. The van der Waals surface area contributed by atoms with Gasteiger partial charge >= 0.3 is 0 Å². The van der Waals surface area contributed by atoms with E-state index in [1.165, 1.54) is 0 Å². The van der Waals surface area contributed by atoms with Gasteiger partial charge in [-0.25, -0.2) is 0 Å². The topological polar surface area (TPSA) is 49.7 Å². The van der Waals surface area contributed by atoms with Gasteiger partial charge in [0.1, 0.15) is 6.10 Å². The van der Waals surface area contributed by atoms with Crippen molar-refractivity contribution in [3.8, 4) is 0 Å². The van der Waals surface area contributed by atoms with Gasteiger partial charge < -0.3 is 14.9 Å². The molecular formula is C7H14O3. The van der Waals surface area contributed by atoms with Gasteiger partial charge in [0.15, 0.2) is 0 Å². The fraction of sp³-hybridized carbons (Fsp3) is 1.00. The summed E-state index contributed by atoms with van der Waals surface area (Å²) in [5.74, 6) is 0.415. The van der Waals surface area contributed by atoms with Crippen molar-refractivity contribution < 1.29 is 14.9 Å². The maximum atomic E-state index is 9.25. The van der Waals surface area contributed by atoms with E-state index in [9.17, 15) is 5.11 Å². The molecule has 0 saturated carbocycles. The van der Waals surface area contributed by atoms with Crippen LogP contribution in [0.1, 0.15) is 13.3 Å². The van der Waals surface area contributed by atoms with Crippen molar-refractivity contribution in [2.75, 3.05) is 13.2 Å². The van der Waals surface area contributed by atoms with E-state index in [4.69, 9.17) is 9.84 Å². The largest absolute Gasteiger partial charge is 0.394 e. The first-order valence-corrected chi connectivity index (χ1v) is 3.64. The van der Waals surface area contributed by atoms with E-state index in [-0.39, 0.29) is 12.7 Å². The Morgan fingerprint density at radius 2 is 2.30 bits per heavy atom. The molecule has 1 aliphatic rings. The molecule has 0 bridgehead atoms. The highest BCUT2D eigenvalue weighted by Crippen LogP contribution is 2.18. The minimum absolute atomic E-state index is 0.0755. The van der Waals surface area contributed by atoms with Crippen LogP contribution in [0.4, 0.5) is 0 Å². The fourth-order valence-electron chi connectivity index (χ4n) is 1.21.